The maximum atomic E-state index is 5.64. The van der Waals surface area contributed by atoms with Gasteiger partial charge in [-0.2, -0.15) is 0 Å². The summed E-state index contributed by atoms with van der Waals surface area (Å²) >= 11 is 1.26. The van der Waals surface area contributed by atoms with Gasteiger partial charge in [0.1, 0.15) is 10.2 Å². The Hall–Kier alpha value is -1.36. The second-order valence-corrected chi connectivity index (χ2v) is 2.95. The van der Waals surface area contributed by atoms with Gasteiger partial charge in [-0.1, -0.05) is 4.49 Å². The van der Waals surface area contributed by atoms with Crippen LogP contribution in [0.25, 0.3) is 10.2 Å². The molecule has 0 aliphatic rings. The number of nitrogens with two attached hydrogens (primary N) is 2. The Kier molecular flexibility index (Phi) is 1.19. The second-order valence-electron chi connectivity index (χ2n) is 2.19. The SMILES string of the molecule is Nc1ccc(N)c2snnc12. The van der Waals surface area contributed by atoms with Crippen LogP contribution in [0.3, 0.4) is 0 Å². The Labute approximate surface area is 67.0 Å². The van der Waals surface area contributed by atoms with E-state index in [1.54, 1.807) is 12.1 Å². The molecule has 4 N–H and O–H groups in total. The smallest absolute Gasteiger partial charge is 0.130 e. The van der Waals surface area contributed by atoms with Crippen LogP contribution in [0.4, 0.5) is 11.4 Å². The average Bonchev–Trinajstić information content (AvgIpc) is 2.45. The summed E-state index contributed by atoms with van der Waals surface area (Å²) in [5.74, 6) is 0. The molecule has 0 fully saturated rings. The average molecular weight is 166 g/mol. The molecule has 2 rings (SSSR count). The van der Waals surface area contributed by atoms with Crippen LogP contribution < -0.4 is 11.5 Å². The van der Waals surface area contributed by atoms with Gasteiger partial charge in [-0.25, -0.2) is 0 Å². The largest absolute Gasteiger partial charge is 0.397 e. The number of fused-ring (bicyclic) bond motifs is 1. The first-order chi connectivity index (χ1) is 5.29. The van der Waals surface area contributed by atoms with Crippen molar-refractivity contribution < 1.29 is 0 Å². The van der Waals surface area contributed by atoms with Crippen molar-refractivity contribution in [3.05, 3.63) is 12.1 Å². The number of aromatic nitrogens is 2. The maximum absolute atomic E-state index is 5.64. The van der Waals surface area contributed by atoms with E-state index in [1.807, 2.05) is 0 Å². The maximum Gasteiger partial charge on any atom is 0.130 e. The third-order valence-corrected chi connectivity index (χ3v) is 2.24. The lowest BCUT2D eigenvalue weighted by molar-refractivity contribution is 1.20. The fourth-order valence-corrected chi connectivity index (χ4v) is 1.53. The van der Waals surface area contributed by atoms with Crippen molar-refractivity contribution in [2.75, 3.05) is 11.5 Å². The molecule has 2 aromatic rings. The summed E-state index contributed by atoms with van der Waals surface area (Å²) in [6.07, 6.45) is 0. The van der Waals surface area contributed by atoms with Crippen LogP contribution in [-0.2, 0) is 0 Å². The minimum atomic E-state index is 0.628. The van der Waals surface area contributed by atoms with Crippen molar-refractivity contribution >= 4 is 33.1 Å². The molecule has 0 spiro atoms. The van der Waals surface area contributed by atoms with E-state index in [4.69, 9.17) is 11.5 Å². The fraction of sp³-hybridized carbons (Fsp3) is 0. The summed E-state index contributed by atoms with van der Waals surface area (Å²) < 4.78 is 4.62. The lowest BCUT2D eigenvalue weighted by atomic mass is 10.2. The molecule has 0 saturated carbocycles. The Balaban J connectivity index is 2.96. The van der Waals surface area contributed by atoms with Crippen molar-refractivity contribution in [1.82, 2.24) is 9.59 Å². The Morgan fingerprint density at radius 3 is 2.64 bits per heavy atom. The summed E-state index contributed by atoms with van der Waals surface area (Å²) in [6.45, 7) is 0. The number of nitrogens with zero attached hydrogens (tertiary/aromatic N) is 2. The van der Waals surface area contributed by atoms with Crippen LogP contribution in [-0.4, -0.2) is 9.59 Å². The minimum absolute atomic E-state index is 0.628. The van der Waals surface area contributed by atoms with Gasteiger partial charge in [0.05, 0.1) is 11.4 Å². The zero-order chi connectivity index (χ0) is 7.84. The first-order valence-electron chi connectivity index (χ1n) is 3.05. The molecule has 0 radical (unpaired) electrons. The molecule has 1 heterocycles. The first-order valence-corrected chi connectivity index (χ1v) is 3.82. The van der Waals surface area contributed by atoms with Crippen molar-refractivity contribution in [1.29, 1.82) is 0 Å². The Morgan fingerprint density at radius 1 is 1.18 bits per heavy atom. The minimum Gasteiger partial charge on any atom is -0.397 e. The number of rotatable bonds is 0. The molecule has 4 nitrogen and oxygen atoms in total. The second kappa shape index (κ2) is 2.06. The molecule has 56 valence electrons. The highest BCUT2D eigenvalue weighted by atomic mass is 32.1. The number of benzene rings is 1. The van der Waals surface area contributed by atoms with Gasteiger partial charge in [0, 0.05) is 0 Å². The van der Waals surface area contributed by atoms with E-state index in [9.17, 15) is 0 Å². The van der Waals surface area contributed by atoms with Crippen molar-refractivity contribution in [2.45, 2.75) is 0 Å². The molecule has 0 aliphatic heterocycles. The zero-order valence-electron chi connectivity index (χ0n) is 5.61. The van der Waals surface area contributed by atoms with Gasteiger partial charge in [-0.05, 0) is 23.7 Å². The highest BCUT2D eigenvalue weighted by Gasteiger charge is 2.04. The summed E-state index contributed by atoms with van der Waals surface area (Å²) in [4.78, 5) is 0. The molecule has 0 aliphatic carbocycles. The standard InChI is InChI=1S/C6H6N4S/c7-3-1-2-4(8)6-5(3)9-10-11-6/h1-2H,7-8H2. The molecular weight excluding hydrogens is 160 g/mol. The molecule has 1 aromatic carbocycles. The molecule has 0 bridgehead atoms. The molecule has 0 atom stereocenters. The van der Waals surface area contributed by atoms with Crippen LogP contribution >= 0.6 is 11.5 Å². The van der Waals surface area contributed by atoms with Crippen molar-refractivity contribution in [3.63, 3.8) is 0 Å². The predicted molar refractivity (Wildman–Crippen MR) is 46.2 cm³/mol. The van der Waals surface area contributed by atoms with Crippen LogP contribution in [0.5, 0.6) is 0 Å². The van der Waals surface area contributed by atoms with Crippen LogP contribution in [0.15, 0.2) is 12.1 Å². The van der Waals surface area contributed by atoms with E-state index in [0.29, 0.717) is 16.9 Å². The number of nitrogen functional groups attached to an aromatic ring is 2. The van der Waals surface area contributed by atoms with Crippen LogP contribution in [0.1, 0.15) is 0 Å². The number of anilines is 2. The monoisotopic (exact) mass is 166 g/mol. The van der Waals surface area contributed by atoms with Gasteiger partial charge in [-0.15, -0.1) is 5.10 Å². The van der Waals surface area contributed by atoms with E-state index >= 15 is 0 Å². The first kappa shape index (κ1) is 6.36. The summed E-state index contributed by atoms with van der Waals surface area (Å²) in [6, 6.07) is 3.50. The molecule has 5 heteroatoms. The quantitative estimate of drug-likeness (QED) is 0.569. The predicted octanol–water partition coefficient (Wildman–Crippen LogP) is 0.856. The lowest BCUT2D eigenvalue weighted by Gasteiger charge is -1.95. The third kappa shape index (κ3) is 0.813. The number of hydrogen-bond acceptors (Lipinski definition) is 5. The van der Waals surface area contributed by atoms with Crippen molar-refractivity contribution in [2.24, 2.45) is 0 Å². The normalized spacial score (nSPS) is 10.5. The Morgan fingerprint density at radius 2 is 1.91 bits per heavy atom. The van der Waals surface area contributed by atoms with Gasteiger partial charge in [0.15, 0.2) is 0 Å². The molecule has 0 saturated heterocycles. The van der Waals surface area contributed by atoms with Gasteiger partial charge in [0.2, 0.25) is 0 Å². The molecule has 1 aromatic heterocycles. The van der Waals surface area contributed by atoms with Gasteiger partial charge >= 0.3 is 0 Å². The molecule has 11 heavy (non-hydrogen) atoms. The zero-order valence-corrected chi connectivity index (χ0v) is 6.43. The van der Waals surface area contributed by atoms with Crippen molar-refractivity contribution in [3.8, 4) is 0 Å². The summed E-state index contributed by atoms with van der Waals surface area (Å²) in [5, 5.41) is 3.84. The molecule has 0 amide bonds. The van der Waals surface area contributed by atoms with Gasteiger partial charge in [-0.3, -0.25) is 0 Å². The highest BCUT2D eigenvalue weighted by Crippen LogP contribution is 2.26. The lowest BCUT2D eigenvalue weighted by Crippen LogP contribution is -1.89. The highest BCUT2D eigenvalue weighted by molar-refractivity contribution is 7.13. The number of hydrogen-bond donors (Lipinski definition) is 2. The topological polar surface area (TPSA) is 77.8 Å². The van der Waals surface area contributed by atoms with E-state index in [0.717, 1.165) is 4.70 Å². The van der Waals surface area contributed by atoms with E-state index in [1.165, 1.54) is 11.5 Å². The van der Waals surface area contributed by atoms with E-state index in [2.05, 4.69) is 9.59 Å². The van der Waals surface area contributed by atoms with E-state index < -0.39 is 0 Å². The summed E-state index contributed by atoms with van der Waals surface area (Å²) in [5.41, 5.74) is 13.3. The Bertz CT molecular complexity index is 358. The van der Waals surface area contributed by atoms with E-state index in [-0.39, 0.29) is 0 Å². The molecular formula is C6H6N4S. The van der Waals surface area contributed by atoms with Gasteiger partial charge in [0.25, 0.3) is 0 Å². The summed E-state index contributed by atoms with van der Waals surface area (Å²) in [7, 11) is 0. The van der Waals surface area contributed by atoms with Gasteiger partial charge < -0.3 is 11.5 Å². The fourth-order valence-electron chi connectivity index (χ4n) is 0.903. The van der Waals surface area contributed by atoms with Crippen LogP contribution in [0, 0.1) is 0 Å². The van der Waals surface area contributed by atoms with Crippen LogP contribution in [0.2, 0.25) is 0 Å². The molecule has 0 unspecified atom stereocenters. The third-order valence-electron chi connectivity index (χ3n) is 1.47.